The lowest BCUT2D eigenvalue weighted by molar-refractivity contribution is -0.120. The molecule has 1 amide bonds. The van der Waals surface area contributed by atoms with E-state index >= 15 is 0 Å². The summed E-state index contributed by atoms with van der Waals surface area (Å²) in [5.41, 5.74) is 5.49. The molecule has 0 radical (unpaired) electrons. The third-order valence-corrected chi connectivity index (χ3v) is 2.16. The van der Waals surface area contributed by atoms with Crippen LogP contribution >= 0.6 is 0 Å². The number of rotatable bonds is 7. The number of carbonyl (C=O) groups is 1. The predicted molar refractivity (Wildman–Crippen MR) is 71.7 cm³/mol. The molecule has 0 fully saturated rings. The Morgan fingerprint density at radius 1 is 1.37 bits per heavy atom. The molecule has 19 heavy (non-hydrogen) atoms. The van der Waals surface area contributed by atoms with Crippen LogP contribution in [0, 0.1) is 5.92 Å². The van der Waals surface area contributed by atoms with Crippen molar-refractivity contribution in [2.45, 2.75) is 20.3 Å². The Morgan fingerprint density at radius 3 is 2.74 bits per heavy atom. The van der Waals surface area contributed by atoms with Crippen molar-refractivity contribution in [2.75, 3.05) is 31.2 Å². The number of anilines is 2. The molecule has 0 saturated carbocycles. The van der Waals surface area contributed by atoms with Crippen LogP contribution in [0.15, 0.2) is 0 Å². The zero-order chi connectivity index (χ0) is 14.3. The number of nitrogens with two attached hydrogens (primary N) is 1. The molecule has 0 atom stereocenters. The van der Waals surface area contributed by atoms with E-state index in [0.717, 1.165) is 0 Å². The fraction of sp³-hybridized carbons (Fsp3) is 0.636. The van der Waals surface area contributed by atoms with Crippen LogP contribution in [0.1, 0.15) is 20.3 Å². The van der Waals surface area contributed by atoms with Gasteiger partial charge in [0.25, 0.3) is 0 Å². The number of aromatic nitrogens is 3. The molecule has 1 aromatic heterocycles. The molecule has 0 saturated heterocycles. The van der Waals surface area contributed by atoms with Gasteiger partial charge in [-0.15, -0.1) is 0 Å². The minimum absolute atomic E-state index is 0.0183. The highest BCUT2D eigenvalue weighted by molar-refractivity contribution is 5.76. The van der Waals surface area contributed by atoms with Gasteiger partial charge in [-0.05, 0) is 5.92 Å². The number of ether oxygens (including phenoxy) is 1. The van der Waals surface area contributed by atoms with E-state index in [4.69, 9.17) is 10.5 Å². The zero-order valence-electron chi connectivity index (χ0n) is 11.4. The van der Waals surface area contributed by atoms with Crippen LogP contribution in [0.5, 0.6) is 6.01 Å². The predicted octanol–water partition coefficient (Wildman–Crippen LogP) is 0.0366. The SMILES string of the molecule is COc1nc(N)nc(NCCC(=O)NCC(C)C)n1. The molecule has 1 heterocycles. The van der Waals surface area contributed by atoms with Crippen molar-refractivity contribution in [3.05, 3.63) is 0 Å². The van der Waals surface area contributed by atoms with Gasteiger partial charge in [-0.2, -0.15) is 15.0 Å². The molecule has 8 heteroatoms. The van der Waals surface area contributed by atoms with Gasteiger partial charge in [-0.3, -0.25) is 4.79 Å². The molecule has 0 bridgehead atoms. The Kier molecular flexibility index (Phi) is 5.77. The van der Waals surface area contributed by atoms with Crippen molar-refractivity contribution in [3.63, 3.8) is 0 Å². The molecule has 8 nitrogen and oxygen atoms in total. The standard InChI is InChI=1S/C11H20N6O2/c1-7(2)6-14-8(18)4-5-13-10-15-9(12)16-11(17-10)19-3/h7H,4-6H2,1-3H3,(H,14,18)(H3,12,13,15,16,17). The van der Waals surface area contributed by atoms with Gasteiger partial charge < -0.3 is 21.1 Å². The van der Waals surface area contributed by atoms with Crippen molar-refractivity contribution in [2.24, 2.45) is 5.92 Å². The van der Waals surface area contributed by atoms with Gasteiger partial charge in [0, 0.05) is 19.5 Å². The van der Waals surface area contributed by atoms with Crippen LogP contribution in [0.25, 0.3) is 0 Å². The van der Waals surface area contributed by atoms with Crippen LogP contribution in [0.4, 0.5) is 11.9 Å². The summed E-state index contributed by atoms with van der Waals surface area (Å²) < 4.78 is 4.87. The minimum Gasteiger partial charge on any atom is -0.467 e. The first-order valence-electron chi connectivity index (χ1n) is 6.07. The van der Waals surface area contributed by atoms with Crippen LogP contribution in [-0.4, -0.2) is 41.1 Å². The number of hydrogen-bond acceptors (Lipinski definition) is 7. The van der Waals surface area contributed by atoms with Gasteiger partial charge >= 0.3 is 6.01 Å². The van der Waals surface area contributed by atoms with Gasteiger partial charge in [0.2, 0.25) is 17.8 Å². The van der Waals surface area contributed by atoms with Crippen molar-refractivity contribution in [1.82, 2.24) is 20.3 Å². The lowest BCUT2D eigenvalue weighted by Crippen LogP contribution is -2.28. The highest BCUT2D eigenvalue weighted by Gasteiger charge is 2.05. The number of methoxy groups -OCH3 is 1. The molecule has 0 spiro atoms. The monoisotopic (exact) mass is 268 g/mol. The number of nitrogen functional groups attached to an aromatic ring is 1. The van der Waals surface area contributed by atoms with Gasteiger partial charge in [-0.25, -0.2) is 0 Å². The average molecular weight is 268 g/mol. The molecule has 0 aliphatic heterocycles. The average Bonchev–Trinajstić information content (AvgIpc) is 2.35. The lowest BCUT2D eigenvalue weighted by atomic mass is 10.2. The molecule has 1 rings (SSSR count). The second-order valence-electron chi connectivity index (χ2n) is 4.38. The quantitative estimate of drug-likeness (QED) is 0.639. The first-order valence-corrected chi connectivity index (χ1v) is 6.07. The molecule has 4 N–H and O–H groups in total. The highest BCUT2D eigenvalue weighted by atomic mass is 16.5. The molecule has 0 aliphatic rings. The first kappa shape index (κ1) is 14.9. The van der Waals surface area contributed by atoms with E-state index < -0.39 is 0 Å². The van der Waals surface area contributed by atoms with Crippen LogP contribution in [0.3, 0.4) is 0 Å². The van der Waals surface area contributed by atoms with E-state index in [1.54, 1.807) is 0 Å². The summed E-state index contributed by atoms with van der Waals surface area (Å²) in [4.78, 5) is 23.1. The summed E-state index contributed by atoms with van der Waals surface area (Å²) in [5.74, 6) is 0.777. The summed E-state index contributed by atoms with van der Waals surface area (Å²) in [7, 11) is 1.44. The second-order valence-corrected chi connectivity index (χ2v) is 4.38. The Labute approximate surface area is 112 Å². The van der Waals surface area contributed by atoms with Gasteiger partial charge in [0.15, 0.2) is 0 Å². The number of carbonyl (C=O) groups excluding carboxylic acids is 1. The largest absolute Gasteiger partial charge is 0.467 e. The maximum absolute atomic E-state index is 11.5. The zero-order valence-corrected chi connectivity index (χ0v) is 11.4. The van der Waals surface area contributed by atoms with E-state index in [1.165, 1.54) is 7.11 Å². The molecular weight excluding hydrogens is 248 g/mol. The van der Waals surface area contributed by atoms with Gasteiger partial charge in [0.05, 0.1) is 7.11 Å². The lowest BCUT2D eigenvalue weighted by Gasteiger charge is -2.08. The maximum Gasteiger partial charge on any atom is 0.322 e. The van der Waals surface area contributed by atoms with Crippen LogP contribution < -0.4 is 21.1 Å². The number of hydrogen-bond donors (Lipinski definition) is 3. The van der Waals surface area contributed by atoms with E-state index in [2.05, 4.69) is 25.6 Å². The molecule has 0 aromatic carbocycles. The van der Waals surface area contributed by atoms with E-state index in [-0.39, 0.29) is 17.9 Å². The van der Waals surface area contributed by atoms with Gasteiger partial charge in [-0.1, -0.05) is 13.8 Å². The summed E-state index contributed by atoms with van der Waals surface area (Å²) in [6, 6.07) is 0.138. The van der Waals surface area contributed by atoms with Crippen molar-refractivity contribution in [3.8, 4) is 6.01 Å². The Balaban J connectivity index is 2.36. The Hall–Kier alpha value is -2.12. The Morgan fingerprint density at radius 2 is 2.11 bits per heavy atom. The smallest absolute Gasteiger partial charge is 0.322 e. The molecule has 106 valence electrons. The van der Waals surface area contributed by atoms with E-state index in [1.807, 2.05) is 13.8 Å². The summed E-state index contributed by atoms with van der Waals surface area (Å²) >= 11 is 0. The van der Waals surface area contributed by atoms with Crippen molar-refractivity contribution < 1.29 is 9.53 Å². The van der Waals surface area contributed by atoms with E-state index in [0.29, 0.717) is 31.4 Å². The highest BCUT2D eigenvalue weighted by Crippen LogP contribution is 2.07. The molecule has 0 unspecified atom stereocenters. The van der Waals surface area contributed by atoms with Crippen LogP contribution in [0.2, 0.25) is 0 Å². The third kappa shape index (κ3) is 5.84. The van der Waals surface area contributed by atoms with Crippen molar-refractivity contribution >= 4 is 17.8 Å². The second kappa shape index (κ2) is 7.34. The molecule has 1 aromatic rings. The molecule has 0 aliphatic carbocycles. The summed E-state index contributed by atoms with van der Waals surface area (Å²) in [5, 5.41) is 5.72. The molecular formula is C11H20N6O2. The number of nitrogens with one attached hydrogen (secondary N) is 2. The maximum atomic E-state index is 11.5. The first-order chi connectivity index (χ1) is 9.01. The number of nitrogens with zero attached hydrogens (tertiary/aromatic N) is 3. The summed E-state index contributed by atoms with van der Waals surface area (Å²) in [6.07, 6.45) is 0.334. The fourth-order valence-electron chi connectivity index (χ4n) is 1.24. The number of amides is 1. The van der Waals surface area contributed by atoms with E-state index in [9.17, 15) is 4.79 Å². The Bertz CT molecular complexity index is 424. The van der Waals surface area contributed by atoms with Crippen molar-refractivity contribution in [1.29, 1.82) is 0 Å². The van der Waals surface area contributed by atoms with Crippen LogP contribution in [-0.2, 0) is 4.79 Å². The fourth-order valence-corrected chi connectivity index (χ4v) is 1.24. The topological polar surface area (TPSA) is 115 Å². The normalized spacial score (nSPS) is 10.3. The third-order valence-electron chi connectivity index (χ3n) is 2.16. The summed E-state index contributed by atoms with van der Waals surface area (Å²) in [6.45, 7) is 5.17. The minimum atomic E-state index is -0.0183. The van der Waals surface area contributed by atoms with Gasteiger partial charge in [0.1, 0.15) is 0 Å².